The second-order valence-electron chi connectivity index (χ2n) is 8.72. The summed E-state index contributed by atoms with van der Waals surface area (Å²) in [6.07, 6.45) is -1.31. The van der Waals surface area contributed by atoms with Crippen LogP contribution >= 0.6 is 0 Å². The summed E-state index contributed by atoms with van der Waals surface area (Å²) in [6, 6.07) is 3.97. The molecule has 0 aromatic heterocycles. The van der Waals surface area contributed by atoms with E-state index < -0.39 is 29.4 Å². The number of alkyl carbamates (subject to hydrolysis) is 1. The van der Waals surface area contributed by atoms with Crippen LogP contribution in [-0.2, 0) is 14.3 Å². The number of hydrogen-bond donors (Lipinski definition) is 2. The van der Waals surface area contributed by atoms with Crippen LogP contribution in [0.1, 0.15) is 41.5 Å². The molecule has 29 heavy (non-hydrogen) atoms. The SMILES string of the molecule is CN1C(=O)C(NC(=O)OC(C)(C)C)COc2ccc(NC(=O)OC(C)(C)C)cc21. The fraction of sp³-hybridized carbons (Fsp3) is 0.550. The van der Waals surface area contributed by atoms with Gasteiger partial charge in [0.1, 0.15) is 29.6 Å². The van der Waals surface area contributed by atoms with Crippen LogP contribution in [0.2, 0.25) is 0 Å². The summed E-state index contributed by atoms with van der Waals surface area (Å²) >= 11 is 0. The van der Waals surface area contributed by atoms with E-state index in [4.69, 9.17) is 14.2 Å². The predicted molar refractivity (Wildman–Crippen MR) is 108 cm³/mol. The third-order valence-electron chi connectivity index (χ3n) is 3.69. The molecule has 1 aromatic rings. The zero-order valence-electron chi connectivity index (χ0n) is 17.9. The second kappa shape index (κ2) is 8.18. The minimum atomic E-state index is -0.912. The van der Waals surface area contributed by atoms with Gasteiger partial charge in [-0.3, -0.25) is 10.1 Å². The second-order valence-corrected chi connectivity index (χ2v) is 8.72. The number of nitrogens with zero attached hydrogens (tertiary/aromatic N) is 1. The van der Waals surface area contributed by atoms with Gasteiger partial charge >= 0.3 is 12.2 Å². The fourth-order valence-corrected chi connectivity index (χ4v) is 2.55. The van der Waals surface area contributed by atoms with E-state index in [1.807, 2.05) is 0 Å². The first-order valence-electron chi connectivity index (χ1n) is 9.29. The van der Waals surface area contributed by atoms with Crippen LogP contribution in [0.4, 0.5) is 21.0 Å². The summed E-state index contributed by atoms with van der Waals surface area (Å²) in [4.78, 5) is 38.2. The Kier molecular flexibility index (Phi) is 6.30. The van der Waals surface area contributed by atoms with E-state index in [0.717, 1.165) is 0 Å². The molecule has 0 fully saturated rings. The van der Waals surface area contributed by atoms with Crippen molar-refractivity contribution in [2.75, 3.05) is 23.9 Å². The highest BCUT2D eigenvalue weighted by Crippen LogP contribution is 2.33. The Labute approximate surface area is 170 Å². The third kappa shape index (κ3) is 6.55. The van der Waals surface area contributed by atoms with Crippen molar-refractivity contribution in [2.24, 2.45) is 0 Å². The smallest absolute Gasteiger partial charge is 0.412 e. The van der Waals surface area contributed by atoms with E-state index in [9.17, 15) is 14.4 Å². The van der Waals surface area contributed by atoms with Crippen LogP contribution in [0, 0.1) is 0 Å². The standard InChI is InChI=1S/C20H29N3O6/c1-19(2,3)28-17(25)21-12-8-9-15-14(10-12)23(7)16(24)13(11-27-15)22-18(26)29-20(4,5)6/h8-10,13H,11H2,1-7H3,(H,21,25)(H,22,26). The Morgan fingerprint density at radius 1 is 1.07 bits per heavy atom. The molecule has 2 rings (SSSR count). The predicted octanol–water partition coefficient (Wildman–Crippen LogP) is 3.28. The third-order valence-corrected chi connectivity index (χ3v) is 3.69. The summed E-state index contributed by atoms with van der Waals surface area (Å²) in [5, 5.41) is 5.17. The quantitative estimate of drug-likeness (QED) is 0.779. The van der Waals surface area contributed by atoms with Crippen LogP contribution in [-0.4, -0.2) is 49.0 Å². The highest BCUT2D eigenvalue weighted by Gasteiger charge is 2.32. The molecule has 9 nitrogen and oxygen atoms in total. The molecular weight excluding hydrogens is 378 g/mol. The minimum absolute atomic E-state index is 0.0474. The number of likely N-dealkylation sites (N-methyl/N-ethyl adjacent to an activating group) is 1. The number of hydrogen-bond acceptors (Lipinski definition) is 6. The first-order chi connectivity index (χ1) is 13.2. The molecule has 1 heterocycles. The summed E-state index contributed by atoms with van der Waals surface area (Å²) in [5.41, 5.74) is -0.418. The molecule has 1 aromatic carbocycles. The van der Waals surface area contributed by atoms with E-state index in [1.165, 1.54) is 4.90 Å². The maximum atomic E-state index is 12.8. The first-order valence-corrected chi connectivity index (χ1v) is 9.29. The zero-order valence-corrected chi connectivity index (χ0v) is 17.9. The molecule has 0 radical (unpaired) electrons. The molecule has 160 valence electrons. The molecule has 9 heteroatoms. The number of anilines is 2. The molecular formula is C20H29N3O6. The van der Waals surface area contributed by atoms with E-state index in [-0.39, 0.29) is 12.5 Å². The molecule has 2 N–H and O–H groups in total. The Morgan fingerprint density at radius 3 is 2.24 bits per heavy atom. The average Bonchev–Trinajstić information content (AvgIpc) is 2.64. The topological polar surface area (TPSA) is 106 Å². The van der Waals surface area contributed by atoms with Gasteiger partial charge in [-0.2, -0.15) is 0 Å². The lowest BCUT2D eigenvalue weighted by atomic mass is 10.2. The van der Waals surface area contributed by atoms with Crippen molar-refractivity contribution in [3.63, 3.8) is 0 Å². The zero-order chi connectivity index (χ0) is 22.0. The van der Waals surface area contributed by atoms with Crippen LogP contribution in [0.15, 0.2) is 18.2 Å². The van der Waals surface area contributed by atoms with Gasteiger partial charge in [-0.1, -0.05) is 0 Å². The molecule has 0 spiro atoms. The van der Waals surface area contributed by atoms with Gasteiger partial charge in [0.05, 0.1) is 5.69 Å². The number of benzene rings is 1. The molecule has 0 saturated heterocycles. The van der Waals surface area contributed by atoms with Crippen LogP contribution in [0.3, 0.4) is 0 Å². The van der Waals surface area contributed by atoms with E-state index in [0.29, 0.717) is 17.1 Å². The lowest BCUT2D eigenvalue weighted by Crippen LogP contribution is -2.50. The average molecular weight is 407 g/mol. The van der Waals surface area contributed by atoms with Crippen molar-refractivity contribution >= 4 is 29.5 Å². The molecule has 0 aliphatic carbocycles. The Balaban J connectivity index is 2.13. The van der Waals surface area contributed by atoms with Crippen molar-refractivity contribution in [1.82, 2.24) is 5.32 Å². The van der Waals surface area contributed by atoms with Gasteiger partial charge in [0.15, 0.2) is 0 Å². The monoisotopic (exact) mass is 407 g/mol. The van der Waals surface area contributed by atoms with Gasteiger partial charge in [0.25, 0.3) is 5.91 Å². The number of ether oxygens (including phenoxy) is 3. The molecule has 1 aliphatic rings. The van der Waals surface area contributed by atoms with Crippen LogP contribution < -0.4 is 20.3 Å². The highest BCUT2D eigenvalue weighted by atomic mass is 16.6. The molecule has 0 saturated carbocycles. The number of nitrogens with one attached hydrogen (secondary N) is 2. The number of amides is 3. The van der Waals surface area contributed by atoms with Crippen molar-refractivity contribution in [3.8, 4) is 5.75 Å². The van der Waals surface area contributed by atoms with Gasteiger partial charge in [-0.15, -0.1) is 0 Å². The van der Waals surface area contributed by atoms with E-state index in [1.54, 1.807) is 66.8 Å². The number of carbonyl (C=O) groups excluding carboxylic acids is 3. The summed E-state index contributed by atoms with van der Waals surface area (Å²) in [5.74, 6) is 0.0769. The first kappa shape index (κ1) is 22.3. The lowest BCUT2D eigenvalue weighted by molar-refractivity contribution is -0.120. The van der Waals surface area contributed by atoms with Gasteiger partial charge in [0, 0.05) is 12.7 Å². The van der Waals surface area contributed by atoms with Gasteiger partial charge in [-0.25, -0.2) is 9.59 Å². The van der Waals surface area contributed by atoms with Crippen LogP contribution in [0.25, 0.3) is 0 Å². The Bertz CT molecular complexity index is 794. The summed E-state index contributed by atoms with van der Waals surface area (Å²) in [7, 11) is 1.57. The van der Waals surface area contributed by atoms with E-state index >= 15 is 0 Å². The largest absolute Gasteiger partial charge is 0.489 e. The number of fused-ring (bicyclic) bond motifs is 1. The lowest BCUT2D eigenvalue weighted by Gasteiger charge is -2.24. The van der Waals surface area contributed by atoms with Crippen LogP contribution in [0.5, 0.6) is 5.75 Å². The van der Waals surface area contributed by atoms with Crippen molar-refractivity contribution in [1.29, 1.82) is 0 Å². The fourth-order valence-electron chi connectivity index (χ4n) is 2.55. The maximum absolute atomic E-state index is 12.8. The normalized spacial score (nSPS) is 16.9. The van der Waals surface area contributed by atoms with Gasteiger partial charge in [-0.05, 0) is 59.7 Å². The number of rotatable bonds is 2. The van der Waals surface area contributed by atoms with Gasteiger partial charge in [0.2, 0.25) is 0 Å². The number of carbonyl (C=O) groups is 3. The Hall–Kier alpha value is -2.97. The molecule has 0 bridgehead atoms. The molecule has 1 atom stereocenters. The molecule has 1 aliphatic heterocycles. The van der Waals surface area contributed by atoms with Crippen molar-refractivity contribution in [2.45, 2.75) is 58.8 Å². The van der Waals surface area contributed by atoms with E-state index in [2.05, 4.69) is 10.6 Å². The molecule has 1 unspecified atom stereocenters. The van der Waals surface area contributed by atoms with Crippen molar-refractivity contribution in [3.05, 3.63) is 18.2 Å². The maximum Gasteiger partial charge on any atom is 0.412 e. The van der Waals surface area contributed by atoms with Gasteiger partial charge < -0.3 is 24.4 Å². The summed E-state index contributed by atoms with van der Waals surface area (Å²) < 4.78 is 16.1. The minimum Gasteiger partial charge on any atom is -0.489 e. The molecule has 3 amide bonds. The summed E-state index contributed by atoms with van der Waals surface area (Å²) in [6.45, 7) is 10.5. The highest BCUT2D eigenvalue weighted by molar-refractivity contribution is 6.01. The van der Waals surface area contributed by atoms with Crippen molar-refractivity contribution < 1.29 is 28.6 Å². The Morgan fingerprint density at radius 2 is 1.66 bits per heavy atom.